The van der Waals surface area contributed by atoms with Gasteiger partial charge < -0.3 is 0 Å². The van der Waals surface area contributed by atoms with Crippen molar-refractivity contribution in [2.24, 2.45) is 17.8 Å². The van der Waals surface area contributed by atoms with Gasteiger partial charge in [0.1, 0.15) is 0 Å². The SMILES string of the molecule is CC.CCC(C)CCC(CC)C(C)C. The van der Waals surface area contributed by atoms with Crippen molar-refractivity contribution in [3.63, 3.8) is 0 Å². The Balaban J connectivity index is 0. The highest BCUT2D eigenvalue weighted by Crippen LogP contribution is 2.23. The summed E-state index contributed by atoms with van der Waals surface area (Å²) in [6.45, 7) is 15.7. The van der Waals surface area contributed by atoms with Crippen molar-refractivity contribution in [2.75, 3.05) is 0 Å². The Labute approximate surface area is 92.5 Å². The highest BCUT2D eigenvalue weighted by Gasteiger charge is 2.11. The van der Waals surface area contributed by atoms with Crippen LogP contribution in [-0.4, -0.2) is 0 Å². The predicted molar refractivity (Wildman–Crippen MR) is 68.7 cm³/mol. The van der Waals surface area contributed by atoms with E-state index in [0.29, 0.717) is 0 Å². The van der Waals surface area contributed by atoms with E-state index < -0.39 is 0 Å². The third-order valence-corrected chi connectivity index (χ3v) is 3.19. The molecule has 0 aromatic rings. The molecule has 0 rings (SSSR count). The summed E-state index contributed by atoms with van der Waals surface area (Å²) in [4.78, 5) is 0. The summed E-state index contributed by atoms with van der Waals surface area (Å²) in [5, 5.41) is 0. The van der Waals surface area contributed by atoms with Gasteiger partial charge in [-0.15, -0.1) is 0 Å². The van der Waals surface area contributed by atoms with Crippen molar-refractivity contribution in [3.05, 3.63) is 0 Å². The molecule has 0 saturated heterocycles. The zero-order chi connectivity index (χ0) is 11.6. The molecule has 0 N–H and O–H groups in total. The molecule has 0 aliphatic heterocycles. The highest BCUT2D eigenvalue weighted by molar-refractivity contribution is 4.63. The van der Waals surface area contributed by atoms with E-state index in [4.69, 9.17) is 0 Å². The summed E-state index contributed by atoms with van der Waals surface area (Å²) in [6.07, 6.45) is 5.55. The van der Waals surface area contributed by atoms with E-state index in [1.165, 1.54) is 25.7 Å². The van der Waals surface area contributed by atoms with Gasteiger partial charge in [0, 0.05) is 0 Å². The summed E-state index contributed by atoms with van der Waals surface area (Å²) in [7, 11) is 0. The van der Waals surface area contributed by atoms with E-state index in [1.807, 2.05) is 13.8 Å². The molecule has 0 aliphatic carbocycles. The van der Waals surface area contributed by atoms with Gasteiger partial charge in [0.2, 0.25) is 0 Å². The van der Waals surface area contributed by atoms with Crippen LogP contribution in [-0.2, 0) is 0 Å². The van der Waals surface area contributed by atoms with Crippen molar-refractivity contribution in [1.82, 2.24) is 0 Å². The lowest BCUT2D eigenvalue weighted by atomic mass is 9.86. The lowest BCUT2D eigenvalue weighted by molar-refractivity contribution is 0.315. The quantitative estimate of drug-likeness (QED) is 0.529. The average Bonchev–Trinajstić information content (AvgIpc) is 2.21. The van der Waals surface area contributed by atoms with Crippen LogP contribution < -0.4 is 0 Å². The molecular weight excluding hydrogens is 168 g/mol. The standard InChI is InChI=1S/C12H26.C2H6/c1-6-11(5)8-9-12(7-2)10(3)4;1-2/h10-12H,6-9H2,1-5H3;1-2H3. The largest absolute Gasteiger partial charge is 0.0683 e. The summed E-state index contributed by atoms with van der Waals surface area (Å²) in [6, 6.07) is 0. The van der Waals surface area contributed by atoms with Gasteiger partial charge in [0.15, 0.2) is 0 Å². The number of hydrogen-bond acceptors (Lipinski definition) is 0. The van der Waals surface area contributed by atoms with Crippen molar-refractivity contribution >= 4 is 0 Å². The molecule has 0 aliphatic rings. The van der Waals surface area contributed by atoms with Crippen LogP contribution in [0.25, 0.3) is 0 Å². The second kappa shape index (κ2) is 11.1. The minimum atomic E-state index is 0.874. The lowest BCUT2D eigenvalue weighted by Crippen LogP contribution is -2.08. The Morgan fingerprint density at radius 2 is 1.29 bits per heavy atom. The Morgan fingerprint density at radius 1 is 0.786 bits per heavy atom. The van der Waals surface area contributed by atoms with Crippen LogP contribution in [0.5, 0.6) is 0 Å². The van der Waals surface area contributed by atoms with Gasteiger partial charge in [0.05, 0.1) is 0 Å². The van der Waals surface area contributed by atoms with E-state index in [0.717, 1.165) is 17.8 Å². The minimum Gasteiger partial charge on any atom is -0.0683 e. The fourth-order valence-corrected chi connectivity index (χ4v) is 1.71. The van der Waals surface area contributed by atoms with Crippen LogP contribution in [0.2, 0.25) is 0 Å². The Bertz CT molecular complexity index is 94.2. The first-order valence-electron chi connectivity index (χ1n) is 6.61. The first-order chi connectivity index (χ1) is 6.61. The zero-order valence-corrected chi connectivity index (χ0v) is 11.6. The normalized spacial score (nSPS) is 14.6. The fourth-order valence-electron chi connectivity index (χ4n) is 1.71. The topological polar surface area (TPSA) is 0 Å². The van der Waals surface area contributed by atoms with Crippen LogP contribution in [0.15, 0.2) is 0 Å². The maximum atomic E-state index is 2.37. The van der Waals surface area contributed by atoms with Gasteiger partial charge in [-0.2, -0.15) is 0 Å². The molecule has 0 saturated carbocycles. The van der Waals surface area contributed by atoms with Crippen LogP contribution in [0.4, 0.5) is 0 Å². The zero-order valence-electron chi connectivity index (χ0n) is 11.6. The molecule has 88 valence electrons. The summed E-state index contributed by atoms with van der Waals surface area (Å²) < 4.78 is 0. The molecule has 0 fully saturated rings. The van der Waals surface area contributed by atoms with E-state index in [2.05, 4.69) is 34.6 Å². The third kappa shape index (κ3) is 8.59. The molecule has 2 atom stereocenters. The van der Waals surface area contributed by atoms with E-state index in [-0.39, 0.29) is 0 Å². The highest BCUT2D eigenvalue weighted by atomic mass is 14.2. The summed E-state index contributed by atoms with van der Waals surface area (Å²) in [5.41, 5.74) is 0. The van der Waals surface area contributed by atoms with Crippen LogP contribution >= 0.6 is 0 Å². The van der Waals surface area contributed by atoms with E-state index >= 15 is 0 Å². The van der Waals surface area contributed by atoms with Gasteiger partial charge in [-0.1, -0.05) is 67.7 Å². The predicted octanol–water partition coefficient (Wildman–Crippen LogP) is 5.52. The first kappa shape index (κ1) is 16.4. The van der Waals surface area contributed by atoms with Gasteiger partial charge in [-0.25, -0.2) is 0 Å². The van der Waals surface area contributed by atoms with Crippen LogP contribution in [0.3, 0.4) is 0 Å². The first-order valence-corrected chi connectivity index (χ1v) is 6.61. The molecule has 0 spiro atoms. The van der Waals surface area contributed by atoms with Crippen LogP contribution in [0, 0.1) is 17.8 Å². The summed E-state index contributed by atoms with van der Waals surface area (Å²) in [5.74, 6) is 2.76. The Kier molecular flexibility index (Phi) is 13.0. The molecule has 0 heteroatoms. The molecule has 0 nitrogen and oxygen atoms in total. The van der Waals surface area contributed by atoms with E-state index in [1.54, 1.807) is 0 Å². The molecule has 0 aromatic heterocycles. The number of rotatable bonds is 6. The average molecular weight is 200 g/mol. The molecule has 0 heterocycles. The second-order valence-corrected chi connectivity index (χ2v) is 4.50. The van der Waals surface area contributed by atoms with Gasteiger partial charge in [0.25, 0.3) is 0 Å². The lowest BCUT2D eigenvalue weighted by Gasteiger charge is -2.20. The molecule has 0 amide bonds. The van der Waals surface area contributed by atoms with Crippen molar-refractivity contribution in [2.45, 2.75) is 74.1 Å². The second-order valence-electron chi connectivity index (χ2n) is 4.50. The van der Waals surface area contributed by atoms with Crippen molar-refractivity contribution in [1.29, 1.82) is 0 Å². The van der Waals surface area contributed by atoms with E-state index in [9.17, 15) is 0 Å². The monoisotopic (exact) mass is 200 g/mol. The van der Waals surface area contributed by atoms with Gasteiger partial charge in [-0.3, -0.25) is 0 Å². The number of hydrogen-bond donors (Lipinski definition) is 0. The molecule has 0 radical (unpaired) electrons. The maximum Gasteiger partial charge on any atom is -0.0394 e. The molecule has 0 bridgehead atoms. The van der Waals surface area contributed by atoms with Gasteiger partial charge >= 0.3 is 0 Å². The molecule has 14 heavy (non-hydrogen) atoms. The van der Waals surface area contributed by atoms with Crippen molar-refractivity contribution < 1.29 is 0 Å². The maximum absolute atomic E-state index is 2.37. The fraction of sp³-hybridized carbons (Fsp3) is 1.00. The van der Waals surface area contributed by atoms with Crippen molar-refractivity contribution in [3.8, 4) is 0 Å². The smallest absolute Gasteiger partial charge is 0.0394 e. The van der Waals surface area contributed by atoms with Gasteiger partial charge in [-0.05, 0) is 24.2 Å². The Morgan fingerprint density at radius 3 is 1.57 bits per heavy atom. The third-order valence-electron chi connectivity index (χ3n) is 3.19. The molecular formula is C14H32. The Hall–Kier alpha value is 0. The molecule has 2 unspecified atom stereocenters. The minimum absolute atomic E-state index is 0.874. The van der Waals surface area contributed by atoms with Crippen LogP contribution in [0.1, 0.15) is 74.1 Å². The summed E-state index contributed by atoms with van der Waals surface area (Å²) >= 11 is 0. The molecule has 0 aromatic carbocycles.